The molecule has 1 heterocycles. The lowest BCUT2D eigenvalue weighted by molar-refractivity contribution is -0.909. The zero-order chi connectivity index (χ0) is 16.8. The van der Waals surface area contributed by atoms with Crippen molar-refractivity contribution in [2.45, 2.75) is 19.9 Å². The Bertz CT molecular complexity index is 708. The number of hydrogen-bond acceptors (Lipinski definition) is 3. The number of hydroxylamine groups is 1. The van der Waals surface area contributed by atoms with E-state index in [0.717, 1.165) is 37.3 Å². The monoisotopic (exact) mass is 323 g/mol. The Morgan fingerprint density at radius 1 is 1.12 bits per heavy atom. The zero-order valence-electron chi connectivity index (χ0n) is 13.9. The van der Waals surface area contributed by atoms with Gasteiger partial charge in [0.25, 0.3) is 0 Å². The number of nitrogens with one attached hydrogen (secondary N) is 2. The van der Waals surface area contributed by atoms with Crippen LogP contribution in [0.1, 0.15) is 27.9 Å². The van der Waals surface area contributed by atoms with E-state index in [1.807, 2.05) is 25.1 Å². The molecule has 0 amide bonds. The molecule has 2 aromatic carbocycles. The number of aryl methyl sites for hydroxylation is 1. The van der Waals surface area contributed by atoms with Crippen molar-refractivity contribution >= 4 is 5.97 Å². The fraction of sp³-hybridized carbons (Fsp3) is 0.250. The number of benzene rings is 2. The topological polar surface area (TPSA) is 42.8 Å². The molecule has 0 saturated heterocycles. The number of quaternary nitrogens is 1. The SMILES string of the molecule is Cc1ccc(C(=O)ONC2=CC[NH+](Cc3ccccc3)CC2)cc1. The van der Waals surface area contributed by atoms with Crippen molar-refractivity contribution in [3.05, 3.63) is 83.1 Å². The zero-order valence-corrected chi connectivity index (χ0v) is 13.9. The first kappa shape index (κ1) is 16.3. The third kappa shape index (κ3) is 4.46. The molecule has 1 aliphatic heterocycles. The van der Waals surface area contributed by atoms with Gasteiger partial charge in [0.1, 0.15) is 6.54 Å². The molecule has 0 aromatic heterocycles. The highest BCUT2D eigenvalue weighted by molar-refractivity contribution is 5.89. The van der Waals surface area contributed by atoms with Gasteiger partial charge in [0, 0.05) is 12.0 Å². The number of hydrogen-bond donors (Lipinski definition) is 2. The molecule has 1 aliphatic rings. The summed E-state index contributed by atoms with van der Waals surface area (Å²) < 4.78 is 0. The lowest BCUT2D eigenvalue weighted by Crippen LogP contribution is -3.11. The molecule has 24 heavy (non-hydrogen) atoms. The van der Waals surface area contributed by atoms with Gasteiger partial charge in [-0.3, -0.25) is 0 Å². The molecule has 1 atom stereocenters. The molecule has 0 saturated carbocycles. The van der Waals surface area contributed by atoms with E-state index in [9.17, 15) is 4.79 Å². The Labute approximate surface area is 142 Å². The fourth-order valence-corrected chi connectivity index (χ4v) is 2.78. The van der Waals surface area contributed by atoms with Crippen LogP contribution >= 0.6 is 0 Å². The van der Waals surface area contributed by atoms with Gasteiger partial charge < -0.3 is 9.74 Å². The Morgan fingerprint density at radius 2 is 1.88 bits per heavy atom. The largest absolute Gasteiger partial charge is 0.362 e. The van der Waals surface area contributed by atoms with Gasteiger partial charge in [0.05, 0.1) is 24.4 Å². The minimum Gasteiger partial charge on any atom is -0.338 e. The van der Waals surface area contributed by atoms with Crippen molar-refractivity contribution in [3.63, 3.8) is 0 Å². The van der Waals surface area contributed by atoms with Crippen LogP contribution in [0.25, 0.3) is 0 Å². The van der Waals surface area contributed by atoms with Gasteiger partial charge >= 0.3 is 5.97 Å². The average molecular weight is 323 g/mol. The molecular weight excluding hydrogens is 300 g/mol. The van der Waals surface area contributed by atoms with Crippen molar-refractivity contribution in [3.8, 4) is 0 Å². The van der Waals surface area contributed by atoms with Crippen LogP contribution < -0.4 is 10.4 Å². The third-order valence-corrected chi connectivity index (χ3v) is 4.24. The number of carbonyl (C=O) groups is 1. The Balaban J connectivity index is 1.47. The van der Waals surface area contributed by atoms with Crippen LogP contribution in [0.3, 0.4) is 0 Å². The summed E-state index contributed by atoms with van der Waals surface area (Å²) in [5, 5.41) is 0. The highest BCUT2D eigenvalue weighted by atomic mass is 16.7. The van der Waals surface area contributed by atoms with Crippen molar-refractivity contribution in [1.82, 2.24) is 5.48 Å². The first-order valence-corrected chi connectivity index (χ1v) is 8.31. The van der Waals surface area contributed by atoms with Crippen molar-refractivity contribution in [2.75, 3.05) is 13.1 Å². The Kier molecular flexibility index (Phi) is 5.29. The summed E-state index contributed by atoms with van der Waals surface area (Å²) in [6, 6.07) is 17.9. The second-order valence-corrected chi connectivity index (χ2v) is 6.20. The van der Waals surface area contributed by atoms with E-state index in [0.29, 0.717) is 5.56 Å². The van der Waals surface area contributed by atoms with Gasteiger partial charge in [-0.25, -0.2) is 10.3 Å². The molecule has 0 spiro atoms. The standard InChI is InChI=1S/C20H22N2O2/c1-16-7-9-18(10-8-16)20(23)24-21-19-11-13-22(14-12-19)15-17-5-3-2-4-6-17/h2-11,21H,12-15H2,1H3/p+1. The predicted octanol–water partition coefficient (Wildman–Crippen LogP) is 2.03. The van der Waals surface area contributed by atoms with Crippen LogP contribution in [0, 0.1) is 6.92 Å². The lowest BCUT2D eigenvalue weighted by atomic mass is 10.1. The van der Waals surface area contributed by atoms with E-state index in [2.05, 4.69) is 35.8 Å². The van der Waals surface area contributed by atoms with E-state index >= 15 is 0 Å². The number of carbonyl (C=O) groups excluding carboxylic acids is 1. The highest BCUT2D eigenvalue weighted by Crippen LogP contribution is 2.06. The molecule has 0 bridgehead atoms. The van der Waals surface area contributed by atoms with Crippen molar-refractivity contribution in [2.24, 2.45) is 0 Å². The van der Waals surface area contributed by atoms with Gasteiger partial charge in [-0.15, -0.1) is 0 Å². The summed E-state index contributed by atoms with van der Waals surface area (Å²) >= 11 is 0. The van der Waals surface area contributed by atoms with Gasteiger partial charge in [0.2, 0.25) is 0 Å². The summed E-state index contributed by atoms with van der Waals surface area (Å²) in [4.78, 5) is 18.7. The maximum Gasteiger partial charge on any atom is 0.362 e. The fourth-order valence-electron chi connectivity index (χ4n) is 2.78. The first-order valence-electron chi connectivity index (χ1n) is 8.31. The van der Waals surface area contributed by atoms with Gasteiger partial charge in [0.15, 0.2) is 0 Å². The molecule has 3 rings (SSSR count). The quantitative estimate of drug-likeness (QED) is 0.828. The maximum absolute atomic E-state index is 12.0. The first-order chi connectivity index (χ1) is 11.7. The predicted molar refractivity (Wildman–Crippen MR) is 93.3 cm³/mol. The molecule has 1 unspecified atom stereocenters. The number of rotatable bonds is 5. The molecule has 4 heteroatoms. The van der Waals surface area contributed by atoms with Crippen LogP contribution in [0.5, 0.6) is 0 Å². The highest BCUT2D eigenvalue weighted by Gasteiger charge is 2.16. The minimum atomic E-state index is -0.352. The third-order valence-electron chi connectivity index (χ3n) is 4.24. The van der Waals surface area contributed by atoms with Gasteiger partial charge in [-0.1, -0.05) is 48.0 Å². The van der Waals surface area contributed by atoms with Crippen LogP contribution in [0.15, 0.2) is 66.4 Å². The summed E-state index contributed by atoms with van der Waals surface area (Å²) in [7, 11) is 0. The van der Waals surface area contributed by atoms with E-state index in [1.54, 1.807) is 12.1 Å². The van der Waals surface area contributed by atoms with Crippen LogP contribution in [0.2, 0.25) is 0 Å². The lowest BCUT2D eigenvalue weighted by Gasteiger charge is -2.23. The van der Waals surface area contributed by atoms with Crippen LogP contribution in [-0.2, 0) is 11.4 Å². The Hall–Kier alpha value is -2.59. The van der Waals surface area contributed by atoms with E-state index in [-0.39, 0.29) is 5.97 Å². The second kappa shape index (κ2) is 7.79. The normalized spacial score (nSPS) is 17.0. The van der Waals surface area contributed by atoms with Gasteiger partial charge in [-0.05, 0) is 25.1 Å². The Morgan fingerprint density at radius 3 is 2.54 bits per heavy atom. The smallest absolute Gasteiger partial charge is 0.338 e. The van der Waals surface area contributed by atoms with E-state index in [4.69, 9.17) is 4.84 Å². The molecule has 124 valence electrons. The average Bonchev–Trinajstić information content (AvgIpc) is 2.62. The molecule has 2 N–H and O–H groups in total. The van der Waals surface area contributed by atoms with Gasteiger partial charge in [-0.2, -0.15) is 0 Å². The molecule has 4 nitrogen and oxygen atoms in total. The molecule has 0 fully saturated rings. The van der Waals surface area contributed by atoms with E-state index < -0.39 is 0 Å². The summed E-state index contributed by atoms with van der Waals surface area (Å²) in [6.07, 6.45) is 2.99. The van der Waals surface area contributed by atoms with E-state index in [1.165, 1.54) is 10.5 Å². The summed E-state index contributed by atoms with van der Waals surface area (Å²) in [6.45, 7) is 4.96. The molecular formula is C20H23N2O2+. The van der Waals surface area contributed by atoms with Crippen molar-refractivity contribution < 1.29 is 14.5 Å². The minimum absolute atomic E-state index is 0.352. The summed E-state index contributed by atoms with van der Waals surface area (Å²) in [5.74, 6) is -0.352. The maximum atomic E-state index is 12.0. The molecule has 0 aliphatic carbocycles. The summed E-state index contributed by atoms with van der Waals surface area (Å²) in [5.41, 5.74) is 6.82. The molecule has 0 radical (unpaired) electrons. The van der Waals surface area contributed by atoms with Crippen LogP contribution in [-0.4, -0.2) is 19.1 Å². The molecule has 2 aromatic rings. The van der Waals surface area contributed by atoms with Crippen LogP contribution in [0.4, 0.5) is 0 Å². The second-order valence-electron chi connectivity index (χ2n) is 6.20. The van der Waals surface area contributed by atoms with Crippen molar-refractivity contribution in [1.29, 1.82) is 0 Å².